The van der Waals surface area contributed by atoms with Gasteiger partial charge >= 0.3 is 5.69 Å². The number of benzene rings is 1. The Labute approximate surface area is 97.7 Å². The summed E-state index contributed by atoms with van der Waals surface area (Å²) in [5.41, 5.74) is 5.40. The summed E-state index contributed by atoms with van der Waals surface area (Å²) >= 11 is 0. The van der Waals surface area contributed by atoms with Gasteiger partial charge in [-0.1, -0.05) is 12.1 Å². The number of hydrogen-bond acceptors (Lipinski definition) is 4. The van der Waals surface area contributed by atoms with Crippen molar-refractivity contribution in [2.24, 2.45) is 5.73 Å². The lowest BCUT2D eigenvalue weighted by Crippen LogP contribution is -2.15. The number of nitrogens with zero attached hydrogens (tertiary/aromatic N) is 2. The Morgan fingerprint density at radius 2 is 2.18 bits per heavy atom. The van der Waals surface area contributed by atoms with Crippen LogP contribution in [0.25, 0.3) is 5.69 Å². The van der Waals surface area contributed by atoms with Crippen molar-refractivity contribution >= 4 is 0 Å². The molecule has 0 radical (unpaired) electrons. The molecule has 1 heterocycles. The molecule has 0 unspecified atom stereocenters. The van der Waals surface area contributed by atoms with Gasteiger partial charge in [0.15, 0.2) is 0 Å². The standard InChI is InChI=1S/C11H14N4O2/c12-7-3-6-10-13-11(17)15(14-10)8-4-1-2-5-9(8)16/h1-2,4-5,16H,3,6-7,12H2,(H,13,14,17). The van der Waals surface area contributed by atoms with E-state index in [9.17, 15) is 9.90 Å². The molecule has 0 amide bonds. The van der Waals surface area contributed by atoms with Gasteiger partial charge in [-0.2, -0.15) is 4.68 Å². The quantitative estimate of drug-likeness (QED) is 0.701. The first-order valence-corrected chi connectivity index (χ1v) is 5.39. The third kappa shape index (κ3) is 2.36. The Hall–Kier alpha value is -2.08. The lowest BCUT2D eigenvalue weighted by Gasteiger charge is -2.01. The summed E-state index contributed by atoms with van der Waals surface area (Å²) in [5, 5.41) is 13.8. The summed E-state index contributed by atoms with van der Waals surface area (Å²) in [5.74, 6) is 0.593. The van der Waals surface area contributed by atoms with Gasteiger partial charge in [-0.15, -0.1) is 5.10 Å². The van der Waals surface area contributed by atoms with E-state index in [4.69, 9.17) is 5.73 Å². The summed E-state index contributed by atoms with van der Waals surface area (Å²) in [6.07, 6.45) is 1.38. The number of phenols is 1. The fourth-order valence-corrected chi connectivity index (χ4v) is 1.56. The molecular weight excluding hydrogens is 220 g/mol. The highest BCUT2D eigenvalue weighted by Gasteiger charge is 2.09. The van der Waals surface area contributed by atoms with Gasteiger partial charge in [0.2, 0.25) is 0 Å². The van der Waals surface area contributed by atoms with Gasteiger partial charge in [0.25, 0.3) is 0 Å². The Morgan fingerprint density at radius 1 is 1.41 bits per heavy atom. The first kappa shape index (κ1) is 11.4. The topological polar surface area (TPSA) is 96.9 Å². The van der Waals surface area contributed by atoms with E-state index in [-0.39, 0.29) is 11.4 Å². The molecule has 17 heavy (non-hydrogen) atoms. The minimum atomic E-state index is -0.362. The zero-order valence-corrected chi connectivity index (χ0v) is 9.26. The van der Waals surface area contributed by atoms with Crippen LogP contribution in [0.2, 0.25) is 0 Å². The molecule has 0 saturated heterocycles. The molecule has 2 aromatic rings. The first-order chi connectivity index (χ1) is 8.22. The molecule has 0 saturated carbocycles. The van der Waals surface area contributed by atoms with Crippen LogP contribution in [0.3, 0.4) is 0 Å². The van der Waals surface area contributed by atoms with Gasteiger partial charge in [0, 0.05) is 6.42 Å². The van der Waals surface area contributed by atoms with Crippen LogP contribution in [0.1, 0.15) is 12.2 Å². The Morgan fingerprint density at radius 3 is 2.88 bits per heavy atom. The van der Waals surface area contributed by atoms with Gasteiger partial charge in [0.1, 0.15) is 17.3 Å². The fraction of sp³-hybridized carbons (Fsp3) is 0.273. The van der Waals surface area contributed by atoms with E-state index in [2.05, 4.69) is 10.1 Å². The van der Waals surface area contributed by atoms with Gasteiger partial charge < -0.3 is 10.8 Å². The molecule has 0 bridgehead atoms. The smallest absolute Gasteiger partial charge is 0.348 e. The Bertz CT molecular complexity index is 559. The van der Waals surface area contributed by atoms with Crippen molar-refractivity contribution in [1.82, 2.24) is 14.8 Å². The molecule has 0 aliphatic carbocycles. The normalized spacial score (nSPS) is 10.6. The minimum absolute atomic E-state index is 0.0199. The van der Waals surface area contributed by atoms with Crippen molar-refractivity contribution in [3.8, 4) is 11.4 Å². The number of rotatable bonds is 4. The van der Waals surface area contributed by atoms with E-state index in [0.29, 0.717) is 24.5 Å². The molecule has 6 nitrogen and oxygen atoms in total. The van der Waals surface area contributed by atoms with Crippen molar-refractivity contribution in [2.45, 2.75) is 12.8 Å². The number of aromatic amines is 1. The van der Waals surface area contributed by atoms with Crippen molar-refractivity contribution < 1.29 is 5.11 Å². The van der Waals surface area contributed by atoms with E-state index in [1.165, 1.54) is 6.07 Å². The largest absolute Gasteiger partial charge is 0.506 e. The maximum Gasteiger partial charge on any atom is 0.348 e. The summed E-state index contributed by atoms with van der Waals surface area (Å²) in [7, 11) is 0. The maximum absolute atomic E-state index is 11.7. The third-order valence-corrected chi connectivity index (χ3v) is 2.39. The zero-order chi connectivity index (χ0) is 12.3. The van der Waals surface area contributed by atoms with E-state index >= 15 is 0 Å². The molecule has 1 aromatic carbocycles. The predicted octanol–water partition coefficient (Wildman–Crippen LogP) is 0.157. The van der Waals surface area contributed by atoms with Crippen LogP contribution >= 0.6 is 0 Å². The fourth-order valence-electron chi connectivity index (χ4n) is 1.56. The van der Waals surface area contributed by atoms with Crippen LogP contribution in [-0.4, -0.2) is 26.4 Å². The number of phenolic OH excluding ortho intramolecular Hbond substituents is 1. The summed E-state index contributed by atoms with van der Waals surface area (Å²) in [4.78, 5) is 14.3. The van der Waals surface area contributed by atoms with Crippen LogP contribution in [-0.2, 0) is 6.42 Å². The molecular formula is C11H14N4O2. The average Bonchev–Trinajstić information content (AvgIpc) is 2.68. The van der Waals surface area contributed by atoms with E-state index in [0.717, 1.165) is 11.1 Å². The van der Waals surface area contributed by atoms with Gasteiger partial charge in [0.05, 0.1) is 0 Å². The first-order valence-electron chi connectivity index (χ1n) is 5.39. The monoisotopic (exact) mass is 234 g/mol. The van der Waals surface area contributed by atoms with Crippen LogP contribution in [0.5, 0.6) is 5.75 Å². The van der Waals surface area contributed by atoms with Crippen LogP contribution in [0.15, 0.2) is 29.1 Å². The summed E-state index contributed by atoms with van der Waals surface area (Å²) in [6.45, 7) is 0.547. The SMILES string of the molecule is NCCCc1nn(-c2ccccc2O)c(=O)[nH]1. The van der Waals surface area contributed by atoms with Crippen molar-refractivity contribution in [3.05, 3.63) is 40.6 Å². The Balaban J connectivity index is 2.37. The lowest BCUT2D eigenvalue weighted by molar-refractivity contribution is 0.469. The van der Waals surface area contributed by atoms with E-state index in [1.807, 2.05) is 0 Å². The van der Waals surface area contributed by atoms with Crippen LogP contribution in [0, 0.1) is 0 Å². The highest BCUT2D eigenvalue weighted by atomic mass is 16.3. The van der Waals surface area contributed by atoms with Crippen LogP contribution < -0.4 is 11.4 Å². The number of H-pyrrole nitrogens is 1. The van der Waals surface area contributed by atoms with Crippen molar-refractivity contribution in [3.63, 3.8) is 0 Å². The third-order valence-electron chi connectivity index (χ3n) is 2.39. The maximum atomic E-state index is 11.7. The molecule has 2 rings (SSSR count). The van der Waals surface area contributed by atoms with Crippen molar-refractivity contribution in [1.29, 1.82) is 0 Å². The number of nitrogens with two attached hydrogens (primary N) is 1. The van der Waals surface area contributed by atoms with Gasteiger partial charge in [-0.25, -0.2) is 4.79 Å². The minimum Gasteiger partial charge on any atom is -0.506 e. The molecule has 6 heteroatoms. The number of aromatic nitrogens is 3. The molecule has 0 fully saturated rings. The van der Waals surface area contributed by atoms with E-state index < -0.39 is 0 Å². The Kier molecular flexibility index (Phi) is 3.24. The number of para-hydroxylation sites is 2. The molecule has 90 valence electrons. The number of hydrogen-bond donors (Lipinski definition) is 3. The average molecular weight is 234 g/mol. The predicted molar refractivity (Wildman–Crippen MR) is 63.2 cm³/mol. The van der Waals surface area contributed by atoms with Gasteiger partial charge in [-0.05, 0) is 25.1 Å². The highest BCUT2D eigenvalue weighted by molar-refractivity contribution is 5.44. The van der Waals surface area contributed by atoms with Crippen LogP contribution in [0.4, 0.5) is 0 Å². The van der Waals surface area contributed by atoms with E-state index in [1.54, 1.807) is 18.2 Å². The van der Waals surface area contributed by atoms with Gasteiger partial charge in [-0.3, -0.25) is 4.98 Å². The number of aryl methyl sites for hydroxylation is 1. The second-order valence-corrected chi connectivity index (χ2v) is 3.67. The lowest BCUT2D eigenvalue weighted by atomic mass is 10.3. The number of nitrogens with one attached hydrogen (secondary N) is 1. The molecule has 0 spiro atoms. The highest BCUT2D eigenvalue weighted by Crippen LogP contribution is 2.17. The summed E-state index contributed by atoms with van der Waals surface area (Å²) in [6, 6.07) is 6.56. The molecule has 0 atom stereocenters. The molecule has 1 aromatic heterocycles. The second-order valence-electron chi connectivity index (χ2n) is 3.67. The molecule has 0 aliphatic rings. The summed E-state index contributed by atoms with van der Waals surface area (Å²) < 4.78 is 1.15. The second kappa shape index (κ2) is 4.84. The zero-order valence-electron chi connectivity index (χ0n) is 9.26. The molecule has 4 N–H and O–H groups in total. The molecule has 0 aliphatic heterocycles. The van der Waals surface area contributed by atoms with Crippen molar-refractivity contribution in [2.75, 3.05) is 6.54 Å². The number of aromatic hydroxyl groups is 1.